The summed E-state index contributed by atoms with van der Waals surface area (Å²) in [5.41, 5.74) is 2.38. The zero-order valence-corrected chi connectivity index (χ0v) is 11.5. The van der Waals surface area contributed by atoms with Crippen molar-refractivity contribution in [2.45, 2.75) is 5.40 Å². The SMILES string of the molecule is C=C=CC(P(=O)(OC)OC)P(=O)(OC)OC. The molecule has 0 aromatic heterocycles. The van der Waals surface area contributed by atoms with Gasteiger partial charge in [-0.3, -0.25) is 9.13 Å². The van der Waals surface area contributed by atoms with E-state index in [2.05, 4.69) is 12.3 Å². The summed E-state index contributed by atoms with van der Waals surface area (Å²) < 4.78 is 43.3. The highest BCUT2D eigenvalue weighted by atomic mass is 31.2. The van der Waals surface area contributed by atoms with Crippen molar-refractivity contribution in [3.05, 3.63) is 18.4 Å². The quantitative estimate of drug-likeness (QED) is 0.523. The van der Waals surface area contributed by atoms with E-state index in [0.29, 0.717) is 0 Å². The van der Waals surface area contributed by atoms with Crippen LogP contribution >= 0.6 is 15.2 Å². The van der Waals surface area contributed by atoms with Gasteiger partial charge in [0, 0.05) is 28.4 Å². The van der Waals surface area contributed by atoms with Gasteiger partial charge in [0.15, 0.2) is 5.40 Å². The maximum absolute atomic E-state index is 12.1. The standard InChI is InChI=1S/C8H16O6P2/c1-6-7-8(15(9,11-2)12-3)16(10,13-4)14-5/h7-8H,1H2,2-5H3. The van der Waals surface area contributed by atoms with Gasteiger partial charge in [-0.05, 0) is 6.08 Å². The van der Waals surface area contributed by atoms with Crippen LogP contribution in [0.5, 0.6) is 0 Å². The first-order valence-electron chi connectivity index (χ1n) is 4.22. The molecule has 0 bridgehead atoms. The van der Waals surface area contributed by atoms with Crippen LogP contribution in [0.15, 0.2) is 18.4 Å². The summed E-state index contributed by atoms with van der Waals surface area (Å²) in [4.78, 5) is 0. The Bertz CT molecular complexity index is 318. The van der Waals surface area contributed by atoms with Gasteiger partial charge in [-0.25, -0.2) is 0 Å². The molecule has 0 aromatic rings. The molecule has 0 heterocycles. The van der Waals surface area contributed by atoms with E-state index in [1.807, 2.05) is 0 Å². The van der Waals surface area contributed by atoms with Crippen molar-refractivity contribution in [2.24, 2.45) is 0 Å². The molecule has 0 aliphatic rings. The summed E-state index contributed by atoms with van der Waals surface area (Å²) >= 11 is 0. The van der Waals surface area contributed by atoms with Crippen molar-refractivity contribution in [3.63, 3.8) is 0 Å². The van der Waals surface area contributed by atoms with Crippen molar-refractivity contribution < 1.29 is 27.2 Å². The maximum Gasteiger partial charge on any atom is 0.349 e. The molecule has 0 aliphatic carbocycles. The molecule has 16 heavy (non-hydrogen) atoms. The molecule has 0 saturated heterocycles. The Kier molecular flexibility index (Phi) is 6.46. The minimum atomic E-state index is -3.63. The predicted octanol–water partition coefficient (Wildman–Crippen LogP) is 2.63. The molecule has 0 spiro atoms. The summed E-state index contributed by atoms with van der Waals surface area (Å²) in [6, 6.07) is 0. The molecule has 0 radical (unpaired) electrons. The van der Waals surface area contributed by atoms with Gasteiger partial charge in [0.05, 0.1) is 0 Å². The Labute approximate surface area is 95.3 Å². The van der Waals surface area contributed by atoms with Gasteiger partial charge < -0.3 is 18.1 Å². The van der Waals surface area contributed by atoms with Gasteiger partial charge >= 0.3 is 15.2 Å². The van der Waals surface area contributed by atoms with E-state index in [0.717, 1.165) is 0 Å². The third-order valence-corrected chi connectivity index (χ3v) is 7.26. The van der Waals surface area contributed by atoms with Crippen LogP contribution in [0, 0.1) is 0 Å². The van der Waals surface area contributed by atoms with Crippen LogP contribution in [0.1, 0.15) is 0 Å². The van der Waals surface area contributed by atoms with Crippen molar-refractivity contribution in [2.75, 3.05) is 28.4 Å². The summed E-state index contributed by atoms with van der Waals surface area (Å²) in [6.45, 7) is 3.32. The predicted molar refractivity (Wildman–Crippen MR) is 60.7 cm³/mol. The number of hydrogen-bond donors (Lipinski definition) is 0. The van der Waals surface area contributed by atoms with Crippen LogP contribution in [-0.4, -0.2) is 33.8 Å². The van der Waals surface area contributed by atoms with Gasteiger partial charge in [0.25, 0.3) is 0 Å². The van der Waals surface area contributed by atoms with E-state index in [1.165, 1.54) is 34.5 Å². The lowest BCUT2D eigenvalue weighted by Crippen LogP contribution is -2.11. The van der Waals surface area contributed by atoms with Crippen LogP contribution in [-0.2, 0) is 27.2 Å². The highest BCUT2D eigenvalue weighted by Crippen LogP contribution is 2.69. The van der Waals surface area contributed by atoms with Gasteiger partial charge in [0.1, 0.15) is 0 Å². The fourth-order valence-corrected chi connectivity index (χ4v) is 5.30. The van der Waals surface area contributed by atoms with Crippen molar-refractivity contribution in [1.29, 1.82) is 0 Å². The smallest absolute Gasteiger partial charge is 0.311 e. The molecular weight excluding hydrogens is 254 g/mol. The van der Waals surface area contributed by atoms with Gasteiger partial charge in [0.2, 0.25) is 0 Å². The first-order chi connectivity index (χ1) is 7.44. The van der Waals surface area contributed by atoms with Crippen LogP contribution in [0.3, 0.4) is 0 Å². The molecule has 94 valence electrons. The van der Waals surface area contributed by atoms with Gasteiger partial charge in [-0.1, -0.05) is 6.58 Å². The summed E-state index contributed by atoms with van der Waals surface area (Å²) in [5.74, 6) is 0. The highest BCUT2D eigenvalue weighted by Gasteiger charge is 2.47. The monoisotopic (exact) mass is 270 g/mol. The van der Waals surface area contributed by atoms with E-state index in [-0.39, 0.29) is 0 Å². The van der Waals surface area contributed by atoms with Crippen molar-refractivity contribution in [1.82, 2.24) is 0 Å². The molecule has 0 fully saturated rings. The van der Waals surface area contributed by atoms with E-state index in [9.17, 15) is 9.13 Å². The van der Waals surface area contributed by atoms with Crippen LogP contribution in [0.2, 0.25) is 0 Å². The molecule has 0 unspecified atom stereocenters. The lowest BCUT2D eigenvalue weighted by Gasteiger charge is -2.25. The zero-order valence-electron chi connectivity index (χ0n) is 9.71. The molecule has 0 aromatic carbocycles. The largest absolute Gasteiger partial charge is 0.349 e. The average Bonchev–Trinajstić information content (AvgIpc) is 2.34. The molecule has 8 heteroatoms. The van der Waals surface area contributed by atoms with E-state index >= 15 is 0 Å². The first-order valence-corrected chi connectivity index (χ1v) is 7.44. The zero-order chi connectivity index (χ0) is 12.8. The highest BCUT2D eigenvalue weighted by molar-refractivity contribution is 7.73. The Morgan fingerprint density at radius 1 is 1.00 bits per heavy atom. The lowest BCUT2D eigenvalue weighted by molar-refractivity contribution is 0.252. The van der Waals surface area contributed by atoms with Crippen LogP contribution in [0.4, 0.5) is 0 Å². The Hall–Kier alpha value is -0.180. The summed E-state index contributed by atoms with van der Waals surface area (Å²) in [7, 11) is -2.53. The second-order valence-electron chi connectivity index (χ2n) is 2.59. The lowest BCUT2D eigenvalue weighted by atomic mass is 10.7. The minimum absolute atomic E-state index is 1.18. The number of rotatable bonds is 7. The molecule has 0 saturated carbocycles. The molecule has 0 rings (SSSR count). The van der Waals surface area contributed by atoms with Gasteiger partial charge in [-0.15, -0.1) is 5.73 Å². The summed E-state index contributed by atoms with van der Waals surface area (Å²) in [5, 5.41) is -1.19. The van der Waals surface area contributed by atoms with Crippen molar-refractivity contribution >= 4 is 15.2 Å². The third-order valence-electron chi connectivity index (χ3n) is 1.93. The van der Waals surface area contributed by atoms with Gasteiger partial charge in [-0.2, -0.15) is 0 Å². The Balaban J connectivity index is 5.56. The maximum atomic E-state index is 12.1. The third kappa shape index (κ3) is 3.16. The molecule has 0 N–H and O–H groups in total. The fraction of sp³-hybridized carbons (Fsp3) is 0.625. The normalized spacial score (nSPS) is 12.6. The van der Waals surface area contributed by atoms with E-state index < -0.39 is 20.6 Å². The molecular formula is C8H16O6P2. The molecule has 0 aliphatic heterocycles. The van der Waals surface area contributed by atoms with E-state index in [1.54, 1.807) is 0 Å². The molecule has 6 nitrogen and oxygen atoms in total. The van der Waals surface area contributed by atoms with Crippen molar-refractivity contribution in [3.8, 4) is 0 Å². The first kappa shape index (κ1) is 15.8. The Morgan fingerprint density at radius 3 is 1.50 bits per heavy atom. The topological polar surface area (TPSA) is 71.1 Å². The van der Waals surface area contributed by atoms with Crippen LogP contribution in [0.25, 0.3) is 0 Å². The average molecular weight is 270 g/mol. The molecule has 0 amide bonds. The fourth-order valence-electron chi connectivity index (χ4n) is 1.04. The van der Waals surface area contributed by atoms with E-state index in [4.69, 9.17) is 18.1 Å². The van der Waals surface area contributed by atoms with Crippen LogP contribution < -0.4 is 0 Å². The summed E-state index contributed by atoms with van der Waals surface area (Å²) in [6.07, 6.45) is 1.20. The number of allylic oxidation sites excluding steroid dienone is 1. The second-order valence-corrected chi connectivity index (χ2v) is 7.73. The second kappa shape index (κ2) is 6.53. The number of hydrogen-bond acceptors (Lipinski definition) is 6. The molecule has 0 atom stereocenters. The minimum Gasteiger partial charge on any atom is -0.311 e. The Morgan fingerprint density at radius 2 is 1.31 bits per heavy atom.